The monoisotopic (exact) mass is 232 g/mol. The van der Waals surface area contributed by atoms with Gasteiger partial charge in [0.1, 0.15) is 0 Å². The summed E-state index contributed by atoms with van der Waals surface area (Å²) in [6.07, 6.45) is -1.24. The lowest BCUT2D eigenvalue weighted by Crippen LogP contribution is -2.33. The van der Waals surface area contributed by atoms with Crippen molar-refractivity contribution in [2.45, 2.75) is 25.1 Å². The van der Waals surface area contributed by atoms with Gasteiger partial charge in [0.2, 0.25) is 0 Å². The average Bonchev–Trinajstić information content (AvgIpc) is 2.65. The van der Waals surface area contributed by atoms with Gasteiger partial charge in [0, 0.05) is 18.8 Å². The van der Waals surface area contributed by atoms with Gasteiger partial charge in [-0.2, -0.15) is 18.3 Å². The summed E-state index contributed by atoms with van der Waals surface area (Å²) in [5.74, 6) is 0. The maximum Gasteiger partial charge on any atom is 0.435 e. The fourth-order valence-electron chi connectivity index (χ4n) is 1.98. The van der Waals surface area contributed by atoms with Gasteiger partial charge >= 0.3 is 6.18 Å². The lowest BCUT2D eigenvalue weighted by molar-refractivity contribution is -0.141. The fourth-order valence-corrected chi connectivity index (χ4v) is 1.98. The molecule has 0 amide bonds. The number of hydrogen-bond donors (Lipinski definition) is 0. The quantitative estimate of drug-likeness (QED) is 0.738. The Labute approximate surface area is 91.8 Å². The molecule has 0 aromatic carbocycles. The predicted molar refractivity (Wildman–Crippen MR) is 51.8 cm³/mol. The van der Waals surface area contributed by atoms with Crippen molar-refractivity contribution in [3.8, 4) is 0 Å². The molecule has 1 atom stereocenters. The van der Waals surface area contributed by atoms with Gasteiger partial charge in [0.25, 0.3) is 0 Å². The van der Waals surface area contributed by atoms with Gasteiger partial charge in [0.05, 0.1) is 6.04 Å². The number of hydrogen-bond acceptors (Lipinski definition) is 2. The van der Waals surface area contributed by atoms with E-state index in [0.29, 0.717) is 0 Å². The zero-order valence-electron chi connectivity index (χ0n) is 8.96. The van der Waals surface area contributed by atoms with Crippen molar-refractivity contribution in [3.05, 3.63) is 18.0 Å². The third kappa shape index (κ3) is 2.37. The second-order valence-corrected chi connectivity index (χ2v) is 4.16. The maximum atomic E-state index is 12.3. The number of likely N-dealkylation sites (tertiary alicyclic amines) is 1. The SMILES string of the molecule is CN1CCCC(n2c[c]c(C(F)(F)F)n2)C1. The molecule has 0 aliphatic carbocycles. The van der Waals surface area contributed by atoms with Gasteiger partial charge in [0.15, 0.2) is 5.69 Å². The van der Waals surface area contributed by atoms with E-state index in [1.165, 1.54) is 10.9 Å². The Bertz CT molecular complexity index is 358. The van der Waals surface area contributed by atoms with Crippen molar-refractivity contribution < 1.29 is 13.2 Å². The highest BCUT2D eigenvalue weighted by Crippen LogP contribution is 2.28. The Kier molecular flexibility index (Phi) is 2.92. The van der Waals surface area contributed by atoms with Gasteiger partial charge in [-0.1, -0.05) is 0 Å². The molecule has 1 aliphatic rings. The van der Waals surface area contributed by atoms with Crippen molar-refractivity contribution in [1.82, 2.24) is 14.7 Å². The van der Waals surface area contributed by atoms with E-state index in [9.17, 15) is 13.2 Å². The van der Waals surface area contributed by atoms with Gasteiger partial charge in [-0.05, 0) is 26.4 Å². The molecule has 0 bridgehead atoms. The van der Waals surface area contributed by atoms with Crippen molar-refractivity contribution in [3.63, 3.8) is 0 Å². The Morgan fingerprint density at radius 1 is 1.50 bits per heavy atom. The third-order valence-corrected chi connectivity index (χ3v) is 2.79. The molecule has 89 valence electrons. The summed E-state index contributed by atoms with van der Waals surface area (Å²) in [6, 6.07) is 2.20. The molecule has 0 saturated carbocycles. The van der Waals surface area contributed by atoms with Gasteiger partial charge in [-0.15, -0.1) is 0 Å². The molecular weight excluding hydrogens is 219 g/mol. The molecule has 1 radical (unpaired) electrons. The van der Waals surface area contributed by atoms with E-state index >= 15 is 0 Å². The summed E-state index contributed by atoms with van der Waals surface area (Å²) >= 11 is 0. The summed E-state index contributed by atoms with van der Waals surface area (Å²) in [6.45, 7) is 1.74. The molecule has 1 unspecified atom stereocenters. The van der Waals surface area contributed by atoms with Crippen LogP contribution in [-0.4, -0.2) is 34.8 Å². The summed E-state index contributed by atoms with van der Waals surface area (Å²) in [4.78, 5) is 2.10. The van der Waals surface area contributed by atoms with E-state index < -0.39 is 11.9 Å². The number of likely N-dealkylation sites (N-methyl/N-ethyl adjacent to an activating group) is 1. The summed E-state index contributed by atoms with van der Waals surface area (Å²) in [5.41, 5.74) is -0.930. The number of aromatic nitrogens is 2. The normalized spacial score (nSPS) is 23.6. The minimum atomic E-state index is -4.40. The first-order valence-corrected chi connectivity index (χ1v) is 5.19. The molecule has 16 heavy (non-hydrogen) atoms. The largest absolute Gasteiger partial charge is 0.435 e. The highest BCUT2D eigenvalue weighted by Gasteiger charge is 2.34. The van der Waals surface area contributed by atoms with Crippen LogP contribution in [0.25, 0.3) is 0 Å². The van der Waals surface area contributed by atoms with E-state index in [1.807, 2.05) is 7.05 Å². The van der Waals surface area contributed by atoms with Crippen LogP contribution in [-0.2, 0) is 6.18 Å². The zero-order chi connectivity index (χ0) is 11.8. The third-order valence-electron chi connectivity index (χ3n) is 2.79. The highest BCUT2D eigenvalue weighted by molar-refractivity contribution is 5.02. The lowest BCUT2D eigenvalue weighted by Gasteiger charge is -2.29. The number of halogens is 3. The Morgan fingerprint density at radius 3 is 2.81 bits per heavy atom. The summed E-state index contributed by atoms with van der Waals surface area (Å²) in [5, 5.41) is 3.55. The molecule has 2 rings (SSSR count). The topological polar surface area (TPSA) is 21.1 Å². The van der Waals surface area contributed by atoms with Crippen LogP contribution < -0.4 is 0 Å². The lowest BCUT2D eigenvalue weighted by atomic mass is 10.1. The first kappa shape index (κ1) is 11.4. The number of alkyl halides is 3. The van der Waals surface area contributed by atoms with Crippen LogP contribution in [0.3, 0.4) is 0 Å². The van der Waals surface area contributed by atoms with Crippen LogP contribution >= 0.6 is 0 Å². The Balaban J connectivity index is 2.12. The Morgan fingerprint density at radius 2 is 2.25 bits per heavy atom. The number of nitrogens with zero attached hydrogens (tertiary/aromatic N) is 3. The summed E-state index contributed by atoms with van der Waals surface area (Å²) < 4.78 is 38.4. The molecular formula is C10H13F3N3. The molecule has 0 N–H and O–H groups in total. The van der Waals surface area contributed by atoms with Crippen LogP contribution in [0.15, 0.2) is 6.20 Å². The summed E-state index contributed by atoms with van der Waals surface area (Å²) in [7, 11) is 1.96. The molecule has 1 aromatic rings. The smallest absolute Gasteiger partial charge is 0.304 e. The van der Waals surface area contributed by atoms with Crippen LogP contribution in [0.2, 0.25) is 0 Å². The molecule has 3 nitrogen and oxygen atoms in total. The Hall–Kier alpha value is -1.04. The van der Waals surface area contributed by atoms with Crippen molar-refractivity contribution >= 4 is 0 Å². The van der Waals surface area contributed by atoms with Gasteiger partial charge < -0.3 is 4.90 Å². The van der Waals surface area contributed by atoms with Crippen LogP contribution in [0.4, 0.5) is 13.2 Å². The number of piperidine rings is 1. The molecule has 1 saturated heterocycles. The minimum Gasteiger partial charge on any atom is -0.304 e. The van der Waals surface area contributed by atoms with E-state index in [2.05, 4.69) is 16.1 Å². The minimum absolute atomic E-state index is 0.0334. The van der Waals surface area contributed by atoms with E-state index in [0.717, 1.165) is 25.9 Å². The van der Waals surface area contributed by atoms with Crippen molar-refractivity contribution in [2.75, 3.05) is 20.1 Å². The molecule has 2 heterocycles. The second-order valence-electron chi connectivity index (χ2n) is 4.16. The van der Waals surface area contributed by atoms with E-state index in [-0.39, 0.29) is 6.04 Å². The van der Waals surface area contributed by atoms with Crippen LogP contribution in [0.1, 0.15) is 24.6 Å². The average molecular weight is 232 g/mol. The predicted octanol–water partition coefficient (Wildman–Crippen LogP) is 1.97. The van der Waals surface area contributed by atoms with Crippen molar-refractivity contribution in [1.29, 1.82) is 0 Å². The van der Waals surface area contributed by atoms with Crippen LogP contribution in [0, 0.1) is 6.07 Å². The van der Waals surface area contributed by atoms with Gasteiger partial charge in [-0.25, -0.2) is 0 Å². The zero-order valence-corrected chi connectivity index (χ0v) is 8.96. The molecule has 1 aromatic heterocycles. The molecule has 1 aliphatic heterocycles. The first-order chi connectivity index (χ1) is 7.47. The highest BCUT2D eigenvalue weighted by atomic mass is 19.4. The van der Waals surface area contributed by atoms with Crippen molar-refractivity contribution in [2.24, 2.45) is 0 Å². The first-order valence-electron chi connectivity index (χ1n) is 5.19. The standard InChI is InChI=1S/C10H13F3N3/c1-15-5-2-3-8(7-15)16-6-4-9(14-16)10(11,12)13/h6,8H,2-3,5,7H2,1H3. The van der Waals surface area contributed by atoms with E-state index in [4.69, 9.17) is 0 Å². The fraction of sp³-hybridized carbons (Fsp3) is 0.700. The second kappa shape index (κ2) is 4.08. The van der Waals surface area contributed by atoms with Gasteiger partial charge in [-0.3, -0.25) is 4.68 Å². The molecule has 6 heteroatoms. The number of rotatable bonds is 1. The molecule has 0 spiro atoms. The molecule has 1 fully saturated rings. The van der Waals surface area contributed by atoms with E-state index in [1.54, 1.807) is 0 Å². The maximum absolute atomic E-state index is 12.3. The van der Waals surface area contributed by atoms with Crippen LogP contribution in [0.5, 0.6) is 0 Å².